The number of rotatable bonds is 7. The molecule has 1 aromatic heterocycles. The van der Waals surface area contributed by atoms with Crippen LogP contribution in [0.5, 0.6) is 0 Å². The van der Waals surface area contributed by atoms with Gasteiger partial charge in [-0.2, -0.15) is 0 Å². The van der Waals surface area contributed by atoms with Crippen LogP contribution in [0.15, 0.2) is 47.0 Å². The summed E-state index contributed by atoms with van der Waals surface area (Å²) in [4.78, 5) is 29.9. The second-order valence-electron chi connectivity index (χ2n) is 6.80. The number of aliphatic hydroxyl groups excluding tert-OH is 1. The van der Waals surface area contributed by atoms with Gasteiger partial charge in [0.2, 0.25) is 5.78 Å². The molecule has 0 bridgehead atoms. The van der Waals surface area contributed by atoms with E-state index < -0.39 is 17.7 Å². The van der Waals surface area contributed by atoms with E-state index in [4.69, 9.17) is 23.2 Å². The molecule has 1 N–H and O–H groups in total. The maximum Gasteiger partial charge on any atom is 0.290 e. The summed E-state index contributed by atoms with van der Waals surface area (Å²) in [5.41, 5.74) is 0.715. The zero-order valence-electron chi connectivity index (χ0n) is 15.5. The number of hydrogen-bond donors (Lipinski definition) is 1. The van der Waals surface area contributed by atoms with Crippen molar-refractivity contribution in [3.05, 3.63) is 67.5 Å². The maximum absolute atomic E-state index is 13.1. The van der Waals surface area contributed by atoms with Gasteiger partial charge in [-0.15, -0.1) is 11.3 Å². The highest BCUT2D eigenvalue weighted by Gasteiger charge is 2.43. The summed E-state index contributed by atoms with van der Waals surface area (Å²) >= 11 is 13.5. The standard InChI is InChI=1S/C20H20Cl2N2O3S/c1-23(2)8-4-9-24-17(12-6-7-13(21)14(22)11-12)16(19(26)20(24)27)18(25)15-5-3-10-28-15/h3,5-7,10-11,17,26H,4,8-9H2,1-2H3/t17-/m0/s1. The minimum absolute atomic E-state index is 0.0793. The molecule has 0 unspecified atom stereocenters. The van der Waals surface area contributed by atoms with Gasteiger partial charge in [-0.25, -0.2) is 0 Å². The van der Waals surface area contributed by atoms with Gasteiger partial charge in [-0.05, 0) is 56.2 Å². The van der Waals surface area contributed by atoms with Crippen LogP contribution in [0, 0.1) is 0 Å². The zero-order chi connectivity index (χ0) is 20.4. The van der Waals surface area contributed by atoms with Crippen molar-refractivity contribution in [2.45, 2.75) is 12.5 Å². The van der Waals surface area contributed by atoms with Gasteiger partial charge in [0.1, 0.15) is 0 Å². The van der Waals surface area contributed by atoms with Gasteiger partial charge in [0.05, 0.1) is 26.5 Å². The molecule has 5 nitrogen and oxygen atoms in total. The van der Waals surface area contributed by atoms with E-state index in [1.165, 1.54) is 16.2 Å². The van der Waals surface area contributed by atoms with Crippen molar-refractivity contribution in [2.75, 3.05) is 27.2 Å². The lowest BCUT2D eigenvalue weighted by Crippen LogP contribution is -2.33. The normalized spacial score (nSPS) is 17.1. The first kappa shape index (κ1) is 20.9. The largest absolute Gasteiger partial charge is 0.503 e. The molecule has 148 valence electrons. The van der Waals surface area contributed by atoms with Crippen LogP contribution < -0.4 is 0 Å². The summed E-state index contributed by atoms with van der Waals surface area (Å²) in [5.74, 6) is -1.40. The van der Waals surface area contributed by atoms with Gasteiger partial charge in [-0.1, -0.05) is 35.3 Å². The van der Waals surface area contributed by atoms with Crippen LogP contribution >= 0.6 is 34.5 Å². The fourth-order valence-corrected chi connectivity index (χ4v) is 4.23. The van der Waals surface area contributed by atoms with Crippen LogP contribution in [0.1, 0.15) is 27.7 Å². The van der Waals surface area contributed by atoms with Gasteiger partial charge in [0.25, 0.3) is 5.91 Å². The summed E-state index contributed by atoms with van der Waals surface area (Å²) in [5, 5.41) is 13.1. The Hall–Kier alpha value is -1.86. The Morgan fingerprint density at radius 3 is 2.61 bits per heavy atom. The summed E-state index contributed by atoms with van der Waals surface area (Å²) in [6, 6.07) is 7.73. The molecule has 1 atom stereocenters. The molecule has 1 aromatic carbocycles. The Morgan fingerprint density at radius 1 is 1.25 bits per heavy atom. The molecular formula is C20H20Cl2N2O3S. The minimum atomic E-state index is -0.709. The van der Waals surface area contributed by atoms with Crippen molar-refractivity contribution in [3.63, 3.8) is 0 Å². The first-order chi connectivity index (χ1) is 13.3. The molecule has 3 rings (SSSR count). The number of amides is 1. The number of carbonyl (C=O) groups excluding carboxylic acids is 2. The van der Waals surface area contributed by atoms with E-state index in [1.54, 1.807) is 35.7 Å². The van der Waals surface area contributed by atoms with E-state index in [1.807, 2.05) is 19.0 Å². The summed E-state index contributed by atoms with van der Waals surface area (Å²) < 4.78 is 0. The highest BCUT2D eigenvalue weighted by molar-refractivity contribution is 7.12. The molecular weight excluding hydrogens is 419 g/mol. The second kappa shape index (κ2) is 8.66. The first-order valence-electron chi connectivity index (χ1n) is 8.73. The van der Waals surface area contributed by atoms with E-state index in [-0.39, 0.29) is 11.4 Å². The lowest BCUT2D eigenvalue weighted by atomic mass is 9.95. The lowest BCUT2D eigenvalue weighted by Gasteiger charge is -2.27. The smallest absolute Gasteiger partial charge is 0.290 e. The number of Topliss-reactive ketones (excluding diaryl/α,β-unsaturated/α-hetero) is 1. The highest BCUT2D eigenvalue weighted by atomic mass is 35.5. The molecule has 0 spiro atoms. The van der Waals surface area contributed by atoms with Gasteiger partial charge >= 0.3 is 0 Å². The van der Waals surface area contributed by atoms with Crippen LogP contribution in [0.25, 0.3) is 0 Å². The predicted molar refractivity (Wildman–Crippen MR) is 112 cm³/mol. The quantitative estimate of drug-likeness (QED) is 0.642. The van der Waals surface area contributed by atoms with Crippen molar-refractivity contribution in [3.8, 4) is 0 Å². The topological polar surface area (TPSA) is 60.9 Å². The van der Waals surface area contributed by atoms with E-state index in [9.17, 15) is 14.7 Å². The number of aliphatic hydroxyl groups is 1. The van der Waals surface area contributed by atoms with E-state index in [2.05, 4.69) is 0 Å². The lowest BCUT2D eigenvalue weighted by molar-refractivity contribution is -0.129. The minimum Gasteiger partial charge on any atom is -0.503 e. The molecule has 2 heterocycles. The van der Waals surface area contributed by atoms with Crippen LogP contribution in [-0.4, -0.2) is 53.8 Å². The number of nitrogens with zero attached hydrogens (tertiary/aromatic N) is 2. The summed E-state index contributed by atoms with van der Waals surface area (Å²) in [6.07, 6.45) is 0.699. The fraction of sp³-hybridized carbons (Fsp3) is 0.300. The number of ketones is 1. The highest BCUT2D eigenvalue weighted by Crippen LogP contribution is 2.41. The number of benzene rings is 1. The van der Waals surface area contributed by atoms with Crippen molar-refractivity contribution in [1.29, 1.82) is 0 Å². The van der Waals surface area contributed by atoms with E-state index in [0.29, 0.717) is 33.5 Å². The zero-order valence-corrected chi connectivity index (χ0v) is 17.8. The Bertz CT molecular complexity index is 926. The van der Waals surface area contributed by atoms with Crippen molar-refractivity contribution < 1.29 is 14.7 Å². The van der Waals surface area contributed by atoms with Crippen LogP contribution in [0.4, 0.5) is 0 Å². The second-order valence-corrected chi connectivity index (χ2v) is 8.56. The predicted octanol–water partition coefficient (Wildman–Crippen LogP) is 4.58. The molecule has 1 amide bonds. The number of carbonyl (C=O) groups is 2. The molecule has 0 radical (unpaired) electrons. The average molecular weight is 439 g/mol. The van der Waals surface area contributed by atoms with Crippen LogP contribution in [0.2, 0.25) is 10.0 Å². The van der Waals surface area contributed by atoms with Crippen LogP contribution in [-0.2, 0) is 4.79 Å². The monoisotopic (exact) mass is 438 g/mol. The number of halogens is 2. The SMILES string of the molecule is CN(C)CCCN1C(=O)C(O)=C(C(=O)c2cccs2)[C@@H]1c1ccc(Cl)c(Cl)c1. The maximum atomic E-state index is 13.1. The third kappa shape index (κ3) is 4.10. The van der Waals surface area contributed by atoms with Crippen molar-refractivity contribution >= 4 is 46.2 Å². The molecule has 28 heavy (non-hydrogen) atoms. The first-order valence-corrected chi connectivity index (χ1v) is 10.4. The number of thiophene rings is 1. The Balaban J connectivity index is 2.03. The van der Waals surface area contributed by atoms with Gasteiger partial charge in [0, 0.05) is 6.54 Å². The molecule has 2 aromatic rings. The summed E-state index contributed by atoms with van der Waals surface area (Å²) in [6.45, 7) is 1.17. The summed E-state index contributed by atoms with van der Waals surface area (Å²) in [7, 11) is 3.90. The van der Waals surface area contributed by atoms with Crippen molar-refractivity contribution in [2.24, 2.45) is 0 Å². The number of hydrogen-bond acceptors (Lipinski definition) is 5. The third-order valence-corrected chi connectivity index (χ3v) is 6.16. The van der Waals surface area contributed by atoms with E-state index in [0.717, 1.165) is 6.54 Å². The van der Waals surface area contributed by atoms with Gasteiger partial charge < -0.3 is 14.9 Å². The fourth-order valence-electron chi connectivity index (χ4n) is 3.24. The molecule has 1 aliphatic heterocycles. The molecule has 8 heteroatoms. The van der Waals surface area contributed by atoms with Gasteiger partial charge in [0.15, 0.2) is 5.76 Å². The van der Waals surface area contributed by atoms with Gasteiger partial charge in [-0.3, -0.25) is 9.59 Å². The Morgan fingerprint density at radius 2 is 2.00 bits per heavy atom. The molecule has 1 aliphatic rings. The molecule has 0 saturated heterocycles. The van der Waals surface area contributed by atoms with E-state index >= 15 is 0 Å². The third-order valence-electron chi connectivity index (χ3n) is 4.56. The van der Waals surface area contributed by atoms with Crippen LogP contribution in [0.3, 0.4) is 0 Å². The van der Waals surface area contributed by atoms with Crippen molar-refractivity contribution in [1.82, 2.24) is 9.80 Å². The Kier molecular flexibility index (Phi) is 6.45. The Labute approximate surface area is 177 Å². The average Bonchev–Trinajstić information content (AvgIpc) is 3.26. The molecule has 0 fully saturated rings. The molecule has 0 aliphatic carbocycles. The molecule has 0 saturated carbocycles.